The van der Waals surface area contributed by atoms with Gasteiger partial charge in [-0.2, -0.15) is 10.2 Å². The van der Waals surface area contributed by atoms with E-state index in [1.165, 1.54) is 5.56 Å². The van der Waals surface area contributed by atoms with E-state index in [0.717, 1.165) is 18.8 Å². The lowest BCUT2D eigenvalue weighted by molar-refractivity contribution is 0.857. The van der Waals surface area contributed by atoms with Gasteiger partial charge in [0.25, 0.3) is 0 Å². The molecule has 0 fully saturated rings. The zero-order chi connectivity index (χ0) is 6.10. The van der Waals surface area contributed by atoms with Crippen molar-refractivity contribution in [2.75, 3.05) is 6.54 Å². The summed E-state index contributed by atoms with van der Waals surface area (Å²) >= 11 is 0. The number of nitrogens with zero attached hydrogens (tertiary/aromatic N) is 3. The molecule has 1 aliphatic heterocycles. The number of nitrogens with one attached hydrogen (secondary N) is 1. The molecule has 4 heteroatoms. The summed E-state index contributed by atoms with van der Waals surface area (Å²) in [5, 5.41) is 14.3. The smallest absolute Gasteiger partial charge is 0.173 e. The number of aromatic nitrogens is 2. The molecule has 46 valence electrons. The SMILES string of the molecule is c1n[nH]c2c1CCN=N2. The first-order valence-corrected chi connectivity index (χ1v) is 2.86. The number of rotatable bonds is 0. The van der Waals surface area contributed by atoms with Crippen molar-refractivity contribution < 1.29 is 0 Å². The van der Waals surface area contributed by atoms with Gasteiger partial charge < -0.3 is 0 Å². The summed E-state index contributed by atoms with van der Waals surface area (Å²) in [7, 11) is 0. The Morgan fingerprint density at radius 2 is 2.56 bits per heavy atom. The van der Waals surface area contributed by atoms with Crippen molar-refractivity contribution in [3.8, 4) is 0 Å². The minimum absolute atomic E-state index is 0.798. The Labute approximate surface area is 52.0 Å². The number of fused-ring (bicyclic) bond motifs is 1. The maximum absolute atomic E-state index is 3.86. The van der Waals surface area contributed by atoms with E-state index < -0.39 is 0 Å². The van der Waals surface area contributed by atoms with Gasteiger partial charge in [-0.1, -0.05) is 0 Å². The standard InChI is InChI=1S/C5H6N4/c1-2-6-8-5-4(1)3-7-9-5/h3H,1-2H2,(H,7,9). The van der Waals surface area contributed by atoms with E-state index >= 15 is 0 Å². The van der Waals surface area contributed by atoms with Crippen LogP contribution < -0.4 is 0 Å². The van der Waals surface area contributed by atoms with Crippen molar-refractivity contribution >= 4 is 5.82 Å². The van der Waals surface area contributed by atoms with Gasteiger partial charge >= 0.3 is 0 Å². The Bertz CT molecular complexity index is 237. The van der Waals surface area contributed by atoms with E-state index in [4.69, 9.17) is 0 Å². The summed E-state index contributed by atoms with van der Waals surface area (Å²) in [6, 6.07) is 0. The highest BCUT2D eigenvalue weighted by molar-refractivity contribution is 5.36. The molecular formula is C5H6N4. The number of H-pyrrole nitrogens is 1. The third-order valence-corrected chi connectivity index (χ3v) is 1.35. The van der Waals surface area contributed by atoms with E-state index in [2.05, 4.69) is 20.4 Å². The number of aromatic amines is 1. The second kappa shape index (κ2) is 1.65. The number of azo groups is 1. The first-order chi connectivity index (χ1) is 4.47. The van der Waals surface area contributed by atoms with Gasteiger partial charge in [0.15, 0.2) is 5.82 Å². The highest BCUT2D eigenvalue weighted by Gasteiger charge is 2.06. The fourth-order valence-electron chi connectivity index (χ4n) is 0.865. The predicted octanol–water partition coefficient (Wildman–Crippen LogP) is 1.05. The number of hydrogen-bond donors (Lipinski definition) is 1. The Morgan fingerprint density at radius 1 is 1.56 bits per heavy atom. The van der Waals surface area contributed by atoms with E-state index in [9.17, 15) is 0 Å². The van der Waals surface area contributed by atoms with Crippen molar-refractivity contribution in [2.45, 2.75) is 6.42 Å². The van der Waals surface area contributed by atoms with Gasteiger partial charge in [0.05, 0.1) is 12.7 Å². The van der Waals surface area contributed by atoms with Crippen molar-refractivity contribution in [1.82, 2.24) is 10.2 Å². The third kappa shape index (κ3) is 0.630. The van der Waals surface area contributed by atoms with Gasteiger partial charge in [-0.05, 0) is 6.42 Å². The molecule has 1 N–H and O–H groups in total. The van der Waals surface area contributed by atoms with Gasteiger partial charge in [0, 0.05) is 5.56 Å². The average Bonchev–Trinajstić information content (AvgIpc) is 2.33. The third-order valence-electron chi connectivity index (χ3n) is 1.35. The molecule has 0 aliphatic carbocycles. The van der Waals surface area contributed by atoms with Gasteiger partial charge in [-0.25, -0.2) is 0 Å². The Kier molecular flexibility index (Phi) is 0.855. The van der Waals surface area contributed by atoms with Crippen LogP contribution in [0.3, 0.4) is 0 Å². The first-order valence-electron chi connectivity index (χ1n) is 2.86. The van der Waals surface area contributed by atoms with Crippen molar-refractivity contribution in [3.05, 3.63) is 11.8 Å². The van der Waals surface area contributed by atoms with Crippen molar-refractivity contribution in [3.63, 3.8) is 0 Å². The van der Waals surface area contributed by atoms with Gasteiger partial charge in [-0.15, -0.1) is 5.11 Å². The lowest BCUT2D eigenvalue weighted by Gasteiger charge is -1.98. The highest BCUT2D eigenvalue weighted by atomic mass is 15.2. The Morgan fingerprint density at radius 3 is 3.44 bits per heavy atom. The minimum Gasteiger partial charge on any atom is -0.260 e. The minimum atomic E-state index is 0.798. The molecule has 0 amide bonds. The lowest BCUT2D eigenvalue weighted by Crippen LogP contribution is -1.90. The second-order valence-electron chi connectivity index (χ2n) is 1.96. The molecule has 2 rings (SSSR count). The molecule has 4 nitrogen and oxygen atoms in total. The molecule has 2 heterocycles. The zero-order valence-corrected chi connectivity index (χ0v) is 4.83. The molecule has 0 unspecified atom stereocenters. The van der Waals surface area contributed by atoms with Crippen LogP contribution in [0.2, 0.25) is 0 Å². The van der Waals surface area contributed by atoms with Crippen LogP contribution in [0.1, 0.15) is 5.56 Å². The van der Waals surface area contributed by atoms with Crippen LogP contribution in [0.4, 0.5) is 5.82 Å². The quantitative estimate of drug-likeness (QED) is 0.549. The summed E-state index contributed by atoms with van der Waals surface area (Å²) in [5.41, 5.74) is 1.17. The van der Waals surface area contributed by atoms with Crippen LogP contribution >= 0.6 is 0 Å². The summed E-state index contributed by atoms with van der Waals surface area (Å²) in [4.78, 5) is 0. The molecule has 1 aliphatic rings. The highest BCUT2D eigenvalue weighted by Crippen LogP contribution is 2.19. The largest absolute Gasteiger partial charge is 0.260 e. The summed E-state index contributed by atoms with van der Waals surface area (Å²) in [5.74, 6) is 0.821. The molecule has 0 spiro atoms. The van der Waals surface area contributed by atoms with Crippen molar-refractivity contribution in [1.29, 1.82) is 0 Å². The summed E-state index contributed by atoms with van der Waals surface area (Å²) in [6.07, 6.45) is 2.77. The van der Waals surface area contributed by atoms with E-state index in [-0.39, 0.29) is 0 Å². The molecule has 9 heavy (non-hydrogen) atoms. The van der Waals surface area contributed by atoms with Crippen LogP contribution in [0.25, 0.3) is 0 Å². The zero-order valence-electron chi connectivity index (χ0n) is 4.83. The molecule has 0 saturated carbocycles. The summed E-state index contributed by atoms with van der Waals surface area (Å²) < 4.78 is 0. The predicted molar refractivity (Wildman–Crippen MR) is 31.7 cm³/mol. The van der Waals surface area contributed by atoms with E-state index in [1.54, 1.807) is 6.20 Å². The first kappa shape index (κ1) is 4.67. The normalized spacial score (nSPS) is 15.6. The average molecular weight is 122 g/mol. The van der Waals surface area contributed by atoms with Crippen LogP contribution in [0.5, 0.6) is 0 Å². The molecule has 0 bridgehead atoms. The fraction of sp³-hybridized carbons (Fsp3) is 0.400. The van der Waals surface area contributed by atoms with Crippen LogP contribution in [-0.2, 0) is 6.42 Å². The lowest BCUT2D eigenvalue weighted by atomic mass is 10.2. The molecule has 0 atom stereocenters. The molecule has 1 aromatic rings. The maximum atomic E-state index is 3.86. The van der Waals surface area contributed by atoms with Crippen LogP contribution in [-0.4, -0.2) is 16.7 Å². The van der Waals surface area contributed by atoms with E-state index in [1.807, 2.05) is 0 Å². The van der Waals surface area contributed by atoms with E-state index in [0.29, 0.717) is 0 Å². The maximum Gasteiger partial charge on any atom is 0.173 e. The molecule has 0 saturated heterocycles. The fourth-order valence-corrected chi connectivity index (χ4v) is 0.865. The molecule has 0 aromatic carbocycles. The van der Waals surface area contributed by atoms with Gasteiger partial charge in [0.2, 0.25) is 0 Å². The molecule has 1 aromatic heterocycles. The van der Waals surface area contributed by atoms with Crippen molar-refractivity contribution in [2.24, 2.45) is 10.2 Å². The van der Waals surface area contributed by atoms with Crippen LogP contribution in [0, 0.1) is 0 Å². The Hall–Kier alpha value is -1.19. The molecular weight excluding hydrogens is 116 g/mol. The molecule has 0 radical (unpaired) electrons. The van der Waals surface area contributed by atoms with Crippen LogP contribution in [0.15, 0.2) is 16.4 Å². The van der Waals surface area contributed by atoms with Gasteiger partial charge in [0.1, 0.15) is 0 Å². The monoisotopic (exact) mass is 122 g/mol. The van der Waals surface area contributed by atoms with Gasteiger partial charge in [-0.3, -0.25) is 5.10 Å². The Balaban J connectivity index is 2.53. The topological polar surface area (TPSA) is 53.4 Å². The second-order valence-corrected chi connectivity index (χ2v) is 1.96. The number of hydrogen-bond acceptors (Lipinski definition) is 3. The summed E-state index contributed by atoms with van der Waals surface area (Å²) in [6.45, 7) is 0.798.